The molecule has 0 saturated carbocycles. The second-order valence-corrected chi connectivity index (χ2v) is 7.12. The van der Waals surface area contributed by atoms with Gasteiger partial charge >= 0.3 is 0 Å². The fraction of sp³-hybridized carbons (Fsp3) is 0.545. The topological polar surface area (TPSA) is 112 Å². The molecule has 2 N–H and O–H groups in total. The first-order valence-corrected chi connectivity index (χ1v) is 8.34. The molecule has 1 aliphatic heterocycles. The van der Waals surface area contributed by atoms with E-state index in [4.69, 9.17) is 5.73 Å². The minimum Gasteiger partial charge on any atom is -0.383 e. The number of hydrogen-bond donors (Lipinski definition) is 1. The Balaban J connectivity index is 2.05. The zero-order valence-electron chi connectivity index (χ0n) is 12.1. The molecule has 9 nitrogen and oxygen atoms in total. The fourth-order valence-electron chi connectivity index (χ4n) is 2.55. The molecule has 2 aromatic rings. The number of rotatable bonds is 2. The third kappa shape index (κ3) is 2.15. The van der Waals surface area contributed by atoms with E-state index in [1.165, 1.54) is 4.68 Å². The zero-order chi connectivity index (χ0) is 15.4. The van der Waals surface area contributed by atoms with Gasteiger partial charge in [-0.2, -0.15) is 5.10 Å². The summed E-state index contributed by atoms with van der Waals surface area (Å²) in [6.07, 6.45) is 1.14. The average Bonchev–Trinajstić information content (AvgIpc) is 2.91. The molecule has 3 rings (SSSR count). The van der Waals surface area contributed by atoms with Crippen molar-refractivity contribution in [2.45, 2.75) is 24.9 Å². The Hall–Kier alpha value is -2.10. The highest BCUT2D eigenvalue weighted by atomic mass is 32.2. The first-order chi connectivity index (χ1) is 9.79. The molecule has 0 radical (unpaired) electrons. The number of fused-ring (bicyclic) bond motifs is 1. The van der Waals surface area contributed by atoms with Crippen molar-refractivity contribution in [3.05, 3.63) is 11.6 Å². The maximum Gasteiger partial charge on any atom is 0.182 e. The second-order valence-electron chi connectivity index (χ2n) is 5.17. The lowest BCUT2D eigenvalue weighted by molar-refractivity contribution is 0.541. The van der Waals surface area contributed by atoms with Crippen molar-refractivity contribution >= 4 is 21.5 Å². The normalized spacial score (nSPS) is 15.3. The number of aromatic nitrogens is 5. The first kappa shape index (κ1) is 13.9. The number of hydrogen-bond acceptors (Lipinski definition) is 7. The molecule has 21 heavy (non-hydrogen) atoms. The van der Waals surface area contributed by atoms with Crippen LogP contribution in [0.25, 0.3) is 0 Å². The van der Waals surface area contributed by atoms with E-state index in [1.807, 2.05) is 16.4 Å². The Morgan fingerprint density at radius 2 is 1.95 bits per heavy atom. The monoisotopic (exact) mass is 311 g/mol. The van der Waals surface area contributed by atoms with E-state index < -0.39 is 9.84 Å². The van der Waals surface area contributed by atoms with Crippen molar-refractivity contribution in [2.75, 3.05) is 23.4 Å². The summed E-state index contributed by atoms with van der Waals surface area (Å²) < 4.78 is 27.4. The highest BCUT2D eigenvalue weighted by molar-refractivity contribution is 7.91. The van der Waals surface area contributed by atoms with Crippen LogP contribution >= 0.6 is 0 Å². The van der Waals surface area contributed by atoms with Crippen LogP contribution in [0.15, 0.2) is 4.90 Å². The number of nitrogens with zero attached hydrogens (tertiary/aromatic N) is 6. The van der Waals surface area contributed by atoms with E-state index in [2.05, 4.69) is 15.3 Å². The number of sulfone groups is 1. The van der Waals surface area contributed by atoms with Crippen molar-refractivity contribution < 1.29 is 8.42 Å². The van der Waals surface area contributed by atoms with Crippen molar-refractivity contribution in [1.82, 2.24) is 24.5 Å². The molecule has 0 saturated heterocycles. The molecular weight excluding hydrogens is 294 g/mol. The molecule has 1 aliphatic rings. The summed E-state index contributed by atoms with van der Waals surface area (Å²) in [5.41, 5.74) is 5.86. The van der Waals surface area contributed by atoms with E-state index >= 15 is 0 Å². The Bertz CT molecular complexity index is 805. The predicted molar refractivity (Wildman–Crippen MR) is 76.5 cm³/mol. The Kier molecular flexibility index (Phi) is 2.94. The standard InChI is InChI=1S/C11H17N7O2S/c1-7-13-14-8-6-17(4-5-18(7)8)11-9(21(3,19)20)10(12)16(2)15-11/h4-6,12H2,1-3H3. The molecule has 0 unspecified atom stereocenters. The van der Waals surface area contributed by atoms with Crippen LogP contribution in [-0.2, 0) is 30.0 Å². The van der Waals surface area contributed by atoms with Gasteiger partial charge in [-0.1, -0.05) is 0 Å². The predicted octanol–water partition coefficient (Wildman–Crippen LogP) is -0.674. The van der Waals surface area contributed by atoms with Crippen molar-refractivity contribution in [2.24, 2.45) is 7.05 Å². The van der Waals surface area contributed by atoms with Gasteiger partial charge in [0.2, 0.25) is 0 Å². The van der Waals surface area contributed by atoms with E-state index in [-0.39, 0.29) is 10.7 Å². The van der Waals surface area contributed by atoms with Gasteiger partial charge in [-0.15, -0.1) is 10.2 Å². The minimum atomic E-state index is -3.46. The van der Waals surface area contributed by atoms with Crippen LogP contribution in [0, 0.1) is 6.92 Å². The highest BCUT2D eigenvalue weighted by Gasteiger charge is 2.29. The molecule has 114 valence electrons. The van der Waals surface area contributed by atoms with Crippen molar-refractivity contribution in [3.63, 3.8) is 0 Å². The largest absolute Gasteiger partial charge is 0.383 e. The quantitative estimate of drug-likeness (QED) is 0.782. The molecule has 0 aromatic carbocycles. The molecule has 0 aliphatic carbocycles. The summed E-state index contributed by atoms with van der Waals surface area (Å²) in [7, 11) is -1.83. The van der Waals surface area contributed by atoms with Crippen molar-refractivity contribution in [1.29, 1.82) is 0 Å². The van der Waals surface area contributed by atoms with Crippen LogP contribution < -0.4 is 10.6 Å². The van der Waals surface area contributed by atoms with Crippen LogP contribution in [0.4, 0.5) is 11.6 Å². The number of aryl methyl sites for hydroxylation is 2. The van der Waals surface area contributed by atoms with E-state index in [0.717, 1.165) is 17.9 Å². The van der Waals surface area contributed by atoms with Crippen LogP contribution in [-0.4, -0.2) is 45.8 Å². The lowest BCUT2D eigenvalue weighted by Gasteiger charge is -2.28. The van der Waals surface area contributed by atoms with Crippen molar-refractivity contribution in [3.8, 4) is 0 Å². The molecule has 0 bridgehead atoms. The second kappa shape index (κ2) is 4.45. The molecule has 0 spiro atoms. The number of nitrogen functional groups attached to an aromatic ring is 1. The third-order valence-corrected chi connectivity index (χ3v) is 4.77. The molecule has 2 aromatic heterocycles. The molecule has 0 fully saturated rings. The summed E-state index contributed by atoms with van der Waals surface area (Å²) in [6.45, 7) is 3.67. The fourth-order valence-corrected chi connectivity index (χ4v) is 3.56. The van der Waals surface area contributed by atoms with E-state index in [1.54, 1.807) is 7.05 Å². The lowest BCUT2D eigenvalue weighted by Crippen LogP contribution is -2.35. The molecule has 3 heterocycles. The van der Waals surface area contributed by atoms with Gasteiger partial charge in [0.25, 0.3) is 0 Å². The first-order valence-electron chi connectivity index (χ1n) is 6.45. The Morgan fingerprint density at radius 1 is 1.24 bits per heavy atom. The molecule has 0 atom stereocenters. The van der Waals surface area contributed by atoms with Gasteiger partial charge in [0.05, 0.1) is 6.54 Å². The van der Waals surface area contributed by atoms with Gasteiger partial charge in [-0.3, -0.25) is 0 Å². The zero-order valence-corrected chi connectivity index (χ0v) is 12.9. The summed E-state index contributed by atoms with van der Waals surface area (Å²) in [5, 5.41) is 12.4. The van der Waals surface area contributed by atoms with Gasteiger partial charge in [0.15, 0.2) is 26.4 Å². The number of anilines is 2. The third-order valence-electron chi connectivity index (χ3n) is 3.64. The smallest absolute Gasteiger partial charge is 0.182 e. The summed E-state index contributed by atoms with van der Waals surface area (Å²) in [4.78, 5) is 1.95. The van der Waals surface area contributed by atoms with Gasteiger partial charge in [0.1, 0.15) is 11.6 Å². The summed E-state index contributed by atoms with van der Waals surface area (Å²) in [5.74, 6) is 2.18. The van der Waals surface area contributed by atoms with Gasteiger partial charge in [-0.25, -0.2) is 13.1 Å². The Labute approximate surface area is 122 Å². The Morgan fingerprint density at radius 3 is 2.62 bits per heavy atom. The highest BCUT2D eigenvalue weighted by Crippen LogP contribution is 2.31. The molecule has 0 amide bonds. The van der Waals surface area contributed by atoms with Gasteiger partial charge in [-0.05, 0) is 6.92 Å². The summed E-state index contributed by atoms with van der Waals surface area (Å²) >= 11 is 0. The molecular formula is C11H17N7O2S. The average molecular weight is 311 g/mol. The maximum absolute atomic E-state index is 12.0. The molecule has 10 heteroatoms. The number of nitrogens with two attached hydrogens (primary N) is 1. The van der Waals surface area contributed by atoms with E-state index in [9.17, 15) is 8.42 Å². The summed E-state index contributed by atoms with van der Waals surface area (Å²) in [6, 6.07) is 0. The SMILES string of the molecule is Cc1nnc2n1CCN(c1nn(C)c(N)c1S(C)(=O)=O)C2. The minimum absolute atomic E-state index is 0.0784. The maximum atomic E-state index is 12.0. The van der Waals surface area contributed by atoms with Gasteiger partial charge in [0, 0.05) is 26.4 Å². The van der Waals surface area contributed by atoms with Crippen LogP contribution in [0.2, 0.25) is 0 Å². The van der Waals surface area contributed by atoms with Gasteiger partial charge < -0.3 is 15.2 Å². The van der Waals surface area contributed by atoms with Crippen LogP contribution in [0.5, 0.6) is 0 Å². The van der Waals surface area contributed by atoms with Crippen LogP contribution in [0.1, 0.15) is 11.6 Å². The van der Waals surface area contributed by atoms with Crippen LogP contribution in [0.3, 0.4) is 0 Å². The lowest BCUT2D eigenvalue weighted by atomic mass is 10.3. The van der Waals surface area contributed by atoms with E-state index in [0.29, 0.717) is 25.5 Å².